The number of carboxylic acid groups (broad SMARTS) is 1. The Kier molecular flexibility index (Phi) is 5.38. The largest absolute Gasteiger partial charge is 0.481 e. The van der Waals surface area contributed by atoms with Crippen molar-refractivity contribution in [3.63, 3.8) is 0 Å². The molecule has 166 valence electrons. The van der Waals surface area contributed by atoms with E-state index in [1.807, 2.05) is 6.92 Å². The number of hydrogen-bond donors (Lipinski definition) is 3. The van der Waals surface area contributed by atoms with Gasteiger partial charge < -0.3 is 15.3 Å². The number of aliphatic hydroxyl groups excluding tert-OH is 1. The molecular formula is C25H42O4. The zero-order valence-corrected chi connectivity index (χ0v) is 18.9. The first kappa shape index (κ1) is 21.6. The van der Waals surface area contributed by atoms with Crippen molar-refractivity contribution in [1.29, 1.82) is 0 Å². The van der Waals surface area contributed by atoms with E-state index in [1.165, 1.54) is 25.7 Å². The van der Waals surface area contributed by atoms with Crippen LogP contribution in [0, 0.1) is 46.3 Å². The molecule has 0 aromatic carbocycles. The Labute approximate surface area is 176 Å². The van der Waals surface area contributed by atoms with Crippen LogP contribution >= 0.6 is 0 Å². The molecule has 0 spiro atoms. The maximum atomic E-state index is 11.3. The molecule has 0 aliphatic heterocycles. The number of aliphatic hydroxyl groups is 2. The van der Waals surface area contributed by atoms with Gasteiger partial charge >= 0.3 is 5.97 Å². The van der Waals surface area contributed by atoms with E-state index >= 15 is 0 Å². The van der Waals surface area contributed by atoms with Crippen LogP contribution in [0.2, 0.25) is 0 Å². The van der Waals surface area contributed by atoms with Gasteiger partial charge in [-0.2, -0.15) is 0 Å². The van der Waals surface area contributed by atoms with E-state index in [0.29, 0.717) is 35.5 Å². The summed E-state index contributed by atoms with van der Waals surface area (Å²) in [6, 6.07) is 0. The van der Waals surface area contributed by atoms with Gasteiger partial charge in [-0.15, -0.1) is 0 Å². The quantitative estimate of drug-likeness (QED) is 0.622. The molecule has 0 aromatic heterocycles. The van der Waals surface area contributed by atoms with Crippen molar-refractivity contribution < 1.29 is 20.1 Å². The van der Waals surface area contributed by atoms with Gasteiger partial charge in [0, 0.05) is 6.42 Å². The molecule has 0 aromatic rings. The second kappa shape index (κ2) is 7.22. The van der Waals surface area contributed by atoms with E-state index < -0.39 is 11.6 Å². The highest BCUT2D eigenvalue weighted by molar-refractivity contribution is 5.66. The highest BCUT2D eigenvalue weighted by Crippen LogP contribution is 2.68. The van der Waals surface area contributed by atoms with Crippen molar-refractivity contribution in [3.8, 4) is 0 Å². The topological polar surface area (TPSA) is 77.8 Å². The third-order valence-corrected chi connectivity index (χ3v) is 10.5. The van der Waals surface area contributed by atoms with Crippen LogP contribution in [0.1, 0.15) is 91.9 Å². The third kappa shape index (κ3) is 3.46. The molecule has 4 fully saturated rings. The summed E-state index contributed by atoms with van der Waals surface area (Å²) in [6.07, 6.45) is 9.22. The summed E-state index contributed by atoms with van der Waals surface area (Å²) >= 11 is 0. The summed E-state index contributed by atoms with van der Waals surface area (Å²) in [4.78, 5) is 11.1. The summed E-state index contributed by atoms with van der Waals surface area (Å²) in [7, 11) is 0. The van der Waals surface area contributed by atoms with E-state index in [1.54, 1.807) is 0 Å². The van der Waals surface area contributed by atoms with E-state index in [0.717, 1.165) is 32.1 Å². The van der Waals surface area contributed by atoms with Crippen LogP contribution in [-0.4, -0.2) is 33.0 Å². The van der Waals surface area contributed by atoms with Crippen molar-refractivity contribution in [1.82, 2.24) is 0 Å². The van der Waals surface area contributed by atoms with Crippen LogP contribution in [-0.2, 0) is 4.79 Å². The number of hydrogen-bond acceptors (Lipinski definition) is 3. The van der Waals surface area contributed by atoms with Crippen molar-refractivity contribution in [2.75, 3.05) is 0 Å². The average molecular weight is 407 g/mol. The van der Waals surface area contributed by atoms with Gasteiger partial charge in [0.2, 0.25) is 0 Å². The first-order valence-corrected chi connectivity index (χ1v) is 12.1. The number of aliphatic carboxylic acids is 1. The zero-order valence-electron chi connectivity index (χ0n) is 18.9. The Morgan fingerprint density at radius 3 is 2.41 bits per heavy atom. The predicted octanol–water partition coefficient (Wildman–Crippen LogP) is 4.87. The minimum atomic E-state index is -0.685. The van der Waals surface area contributed by atoms with Crippen LogP contribution in [0.15, 0.2) is 0 Å². The molecule has 29 heavy (non-hydrogen) atoms. The predicted molar refractivity (Wildman–Crippen MR) is 113 cm³/mol. The fraction of sp³-hybridized carbons (Fsp3) is 0.960. The molecule has 0 amide bonds. The summed E-state index contributed by atoms with van der Waals surface area (Å²) < 4.78 is 0. The normalized spacial score (nSPS) is 52.9. The number of carboxylic acids is 1. The standard InChI is InChI=1S/C25H42O4/c1-15(5-8-21(27)28)17-6-7-18-22-19(9-10-25(17,18)4)24(3)12-11-23(2,29)14-16(24)13-20(22)26/h15-20,22,26,29H,5-14H2,1-4H3,(H,27,28)/t15-,16+,17-,18+,19+,20-,22+,23-,24+,25-/m1/s1. The summed E-state index contributed by atoms with van der Waals surface area (Å²) in [5.41, 5.74) is -0.0815. The molecule has 4 nitrogen and oxygen atoms in total. The number of fused-ring (bicyclic) bond motifs is 5. The van der Waals surface area contributed by atoms with Gasteiger partial charge in [0.25, 0.3) is 0 Å². The Bertz CT molecular complexity index is 645. The minimum absolute atomic E-state index is 0.240. The van der Waals surface area contributed by atoms with Gasteiger partial charge in [-0.05, 0) is 111 Å². The molecule has 4 aliphatic rings. The molecule has 4 rings (SSSR count). The Morgan fingerprint density at radius 1 is 1.03 bits per heavy atom. The fourth-order valence-corrected chi connectivity index (χ4v) is 8.93. The maximum absolute atomic E-state index is 11.3. The van der Waals surface area contributed by atoms with Crippen molar-refractivity contribution in [3.05, 3.63) is 0 Å². The van der Waals surface area contributed by atoms with E-state index in [9.17, 15) is 15.0 Å². The van der Waals surface area contributed by atoms with Crippen LogP contribution in [0.5, 0.6) is 0 Å². The van der Waals surface area contributed by atoms with Crippen molar-refractivity contribution >= 4 is 5.97 Å². The molecule has 4 saturated carbocycles. The Hall–Kier alpha value is -0.610. The van der Waals surface area contributed by atoms with Crippen LogP contribution in [0.3, 0.4) is 0 Å². The highest BCUT2D eigenvalue weighted by atomic mass is 16.4. The van der Waals surface area contributed by atoms with Gasteiger partial charge in [0.1, 0.15) is 0 Å². The molecule has 10 atom stereocenters. The second-order valence-corrected chi connectivity index (χ2v) is 12.1. The first-order chi connectivity index (χ1) is 13.5. The van der Waals surface area contributed by atoms with E-state index in [4.69, 9.17) is 5.11 Å². The number of carbonyl (C=O) groups is 1. The van der Waals surface area contributed by atoms with E-state index in [2.05, 4.69) is 20.8 Å². The fourth-order valence-electron chi connectivity index (χ4n) is 8.93. The monoisotopic (exact) mass is 406 g/mol. The molecule has 4 aliphatic carbocycles. The first-order valence-electron chi connectivity index (χ1n) is 12.1. The molecule has 0 bridgehead atoms. The lowest BCUT2D eigenvalue weighted by atomic mass is 9.43. The third-order valence-electron chi connectivity index (χ3n) is 10.5. The van der Waals surface area contributed by atoms with Gasteiger partial charge in [-0.3, -0.25) is 4.79 Å². The summed E-state index contributed by atoms with van der Waals surface area (Å²) in [5.74, 6) is 2.28. The maximum Gasteiger partial charge on any atom is 0.303 e. The highest BCUT2D eigenvalue weighted by Gasteiger charge is 2.63. The lowest BCUT2D eigenvalue weighted by Crippen LogP contribution is -2.59. The van der Waals surface area contributed by atoms with Gasteiger partial charge in [-0.25, -0.2) is 0 Å². The molecule has 4 heteroatoms. The van der Waals surface area contributed by atoms with Crippen molar-refractivity contribution in [2.24, 2.45) is 46.3 Å². The van der Waals surface area contributed by atoms with Crippen LogP contribution in [0.25, 0.3) is 0 Å². The molecule has 0 radical (unpaired) electrons. The molecule has 3 N–H and O–H groups in total. The van der Waals surface area contributed by atoms with Gasteiger partial charge in [0.15, 0.2) is 0 Å². The van der Waals surface area contributed by atoms with Crippen LogP contribution in [0.4, 0.5) is 0 Å². The second-order valence-electron chi connectivity index (χ2n) is 12.1. The SMILES string of the molecule is C[C@H](CCC(=O)O)[C@H]1CC[C@H]2[C@@H]3[C@H](O)C[C@H]4C[C@](C)(O)CC[C@]4(C)[C@H]3CC[C@]12C. The lowest BCUT2D eigenvalue weighted by Gasteiger charge is -2.63. The smallest absolute Gasteiger partial charge is 0.303 e. The minimum Gasteiger partial charge on any atom is -0.481 e. The molecule has 0 saturated heterocycles. The van der Waals surface area contributed by atoms with Gasteiger partial charge in [0.05, 0.1) is 11.7 Å². The summed E-state index contributed by atoms with van der Waals surface area (Å²) in [5, 5.41) is 31.1. The van der Waals surface area contributed by atoms with Gasteiger partial charge in [-0.1, -0.05) is 20.8 Å². The Morgan fingerprint density at radius 2 is 1.72 bits per heavy atom. The zero-order chi connectivity index (χ0) is 21.2. The summed E-state index contributed by atoms with van der Waals surface area (Å²) in [6.45, 7) is 9.14. The lowest BCUT2D eigenvalue weighted by molar-refractivity contribution is -0.186. The molecule has 0 heterocycles. The molecular weight excluding hydrogens is 364 g/mol. The molecule has 0 unspecified atom stereocenters. The van der Waals surface area contributed by atoms with Crippen molar-refractivity contribution in [2.45, 2.75) is 104 Å². The average Bonchev–Trinajstić information content (AvgIpc) is 2.98. The van der Waals surface area contributed by atoms with Crippen LogP contribution < -0.4 is 0 Å². The Balaban J connectivity index is 1.56. The van der Waals surface area contributed by atoms with E-state index in [-0.39, 0.29) is 23.4 Å². The number of rotatable bonds is 4.